The minimum absolute atomic E-state index is 0.0233. The zero-order chi connectivity index (χ0) is 14.4. The third-order valence-electron chi connectivity index (χ3n) is 3.22. The number of nitrogens with one attached hydrogen (secondary N) is 2. The van der Waals surface area contributed by atoms with E-state index in [-0.39, 0.29) is 23.3 Å². The van der Waals surface area contributed by atoms with E-state index in [2.05, 4.69) is 15.0 Å². The van der Waals surface area contributed by atoms with Gasteiger partial charge in [-0.05, 0) is 0 Å². The van der Waals surface area contributed by atoms with Crippen LogP contribution in [0.15, 0.2) is 6.33 Å². The Morgan fingerprint density at radius 3 is 2.90 bits per heavy atom. The highest BCUT2D eigenvalue weighted by Crippen LogP contribution is 2.26. The van der Waals surface area contributed by atoms with Gasteiger partial charge in [-0.25, -0.2) is 4.98 Å². The fraction of sp³-hybridized carbons (Fsp3) is 0.500. The first-order valence-corrected chi connectivity index (χ1v) is 5.82. The number of H-pyrrole nitrogens is 1. The predicted octanol–water partition coefficient (Wildman–Crippen LogP) is -2.01. The number of aliphatic hydroxyl groups is 3. The van der Waals surface area contributed by atoms with Crippen LogP contribution in [0.3, 0.4) is 0 Å². The zero-order valence-electron chi connectivity index (χ0n) is 10.1. The summed E-state index contributed by atoms with van der Waals surface area (Å²) < 4.78 is 20.0. The van der Waals surface area contributed by atoms with Crippen LogP contribution < -0.4 is 5.49 Å². The van der Waals surface area contributed by atoms with Crippen LogP contribution in [0.1, 0.15) is 6.23 Å². The standard InChI is InChI=1S/C10H12FN5O4/c11-10-15-7(12)4-8(14-2-13-4)16(10)9-6(19)5(18)3(17)1-20-9/h2-3,5-6,9,12,17-19H,1H2,(H,13,14)/t3-,5-,6+,9?/m1/s1. The van der Waals surface area contributed by atoms with Gasteiger partial charge in [-0.3, -0.25) is 9.98 Å². The second-order valence-electron chi connectivity index (χ2n) is 4.47. The molecular weight excluding hydrogens is 273 g/mol. The molecule has 0 aromatic carbocycles. The molecule has 108 valence electrons. The lowest BCUT2D eigenvalue weighted by molar-refractivity contribution is -0.212. The average molecular weight is 285 g/mol. The lowest BCUT2D eigenvalue weighted by Crippen LogP contribution is -2.51. The number of aliphatic hydroxyl groups excluding tert-OH is 3. The number of imidazole rings is 1. The van der Waals surface area contributed by atoms with Crippen LogP contribution in [-0.4, -0.2) is 59.8 Å². The van der Waals surface area contributed by atoms with Crippen molar-refractivity contribution in [1.82, 2.24) is 19.5 Å². The topological polar surface area (TPSA) is 140 Å². The minimum atomic E-state index is -1.56. The Morgan fingerprint density at radius 1 is 1.40 bits per heavy atom. The second-order valence-corrected chi connectivity index (χ2v) is 4.47. The van der Waals surface area contributed by atoms with E-state index in [1.807, 2.05) is 0 Å². The Kier molecular flexibility index (Phi) is 3.01. The molecule has 9 nitrogen and oxygen atoms in total. The molecule has 1 saturated heterocycles. The third-order valence-corrected chi connectivity index (χ3v) is 3.22. The highest BCUT2D eigenvalue weighted by atomic mass is 19.1. The van der Waals surface area contributed by atoms with E-state index in [4.69, 9.17) is 10.1 Å². The largest absolute Gasteiger partial charge is 0.388 e. The molecule has 0 radical (unpaired) electrons. The lowest BCUT2D eigenvalue weighted by atomic mass is 10.0. The van der Waals surface area contributed by atoms with Crippen molar-refractivity contribution in [3.05, 3.63) is 17.9 Å². The quantitative estimate of drug-likeness (QED) is 0.383. The first-order valence-electron chi connectivity index (χ1n) is 5.82. The van der Waals surface area contributed by atoms with Crippen molar-refractivity contribution in [2.45, 2.75) is 24.5 Å². The van der Waals surface area contributed by atoms with Crippen LogP contribution in [0.4, 0.5) is 4.39 Å². The van der Waals surface area contributed by atoms with Gasteiger partial charge in [-0.2, -0.15) is 9.37 Å². The summed E-state index contributed by atoms with van der Waals surface area (Å²) in [6.45, 7) is -0.274. The summed E-state index contributed by atoms with van der Waals surface area (Å²) in [5, 5.41) is 36.5. The van der Waals surface area contributed by atoms with Crippen molar-refractivity contribution in [1.29, 1.82) is 5.41 Å². The third kappa shape index (κ3) is 1.81. The number of ether oxygens (including phenoxy) is 1. The number of nitrogens with zero attached hydrogens (tertiary/aromatic N) is 3. The molecule has 0 aliphatic carbocycles. The van der Waals surface area contributed by atoms with Crippen molar-refractivity contribution in [2.24, 2.45) is 0 Å². The van der Waals surface area contributed by atoms with Gasteiger partial charge in [0.1, 0.15) is 23.8 Å². The fourth-order valence-corrected chi connectivity index (χ4v) is 2.18. The molecule has 1 unspecified atom stereocenters. The Bertz CT molecular complexity index is 701. The monoisotopic (exact) mass is 285 g/mol. The van der Waals surface area contributed by atoms with Gasteiger partial charge in [0.25, 0.3) is 6.08 Å². The molecule has 5 N–H and O–H groups in total. The van der Waals surface area contributed by atoms with Crippen LogP contribution in [0.5, 0.6) is 0 Å². The Balaban J connectivity index is 2.15. The van der Waals surface area contributed by atoms with E-state index in [0.717, 1.165) is 4.57 Å². The molecule has 4 atom stereocenters. The number of hydrogen-bond donors (Lipinski definition) is 5. The SMILES string of the molecule is N=c1nc(F)n(C2OC[C@@H](O)[C@@H](O)[C@@H]2O)c2nc[nH]c12. The van der Waals surface area contributed by atoms with Crippen molar-refractivity contribution in [2.75, 3.05) is 6.61 Å². The number of aromatic amines is 1. The van der Waals surface area contributed by atoms with E-state index in [1.54, 1.807) is 0 Å². The van der Waals surface area contributed by atoms with Crippen molar-refractivity contribution in [3.8, 4) is 0 Å². The molecule has 10 heteroatoms. The first-order chi connectivity index (χ1) is 9.50. The van der Waals surface area contributed by atoms with E-state index in [9.17, 15) is 19.7 Å². The van der Waals surface area contributed by atoms with Crippen molar-refractivity contribution in [3.63, 3.8) is 0 Å². The smallest absolute Gasteiger partial charge is 0.295 e. The number of aromatic nitrogens is 4. The molecule has 3 heterocycles. The summed E-state index contributed by atoms with van der Waals surface area (Å²) in [4.78, 5) is 9.88. The van der Waals surface area contributed by atoms with Gasteiger partial charge >= 0.3 is 0 Å². The van der Waals surface area contributed by atoms with Crippen LogP contribution in [0.2, 0.25) is 0 Å². The van der Waals surface area contributed by atoms with Gasteiger partial charge in [0, 0.05) is 0 Å². The number of hydrogen-bond acceptors (Lipinski definition) is 7. The van der Waals surface area contributed by atoms with Gasteiger partial charge in [0.2, 0.25) is 0 Å². The number of fused-ring (bicyclic) bond motifs is 1. The summed E-state index contributed by atoms with van der Waals surface area (Å²) in [5.74, 6) is 0. The molecule has 1 fully saturated rings. The van der Waals surface area contributed by atoms with Crippen LogP contribution in [-0.2, 0) is 4.74 Å². The maximum atomic E-state index is 14.0. The second kappa shape index (κ2) is 4.59. The average Bonchev–Trinajstić information content (AvgIpc) is 2.88. The Labute approximate surface area is 110 Å². The highest BCUT2D eigenvalue weighted by molar-refractivity contribution is 5.68. The van der Waals surface area contributed by atoms with E-state index in [0.29, 0.717) is 0 Å². The number of halogens is 1. The maximum Gasteiger partial charge on any atom is 0.295 e. The molecule has 0 bridgehead atoms. The summed E-state index contributed by atoms with van der Waals surface area (Å²) in [6.07, 6.45) is -5.43. The summed E-state index contributed by atoms with van der Waals surface area (Å²) in [5.41, 5.74) is -0.143. The van der Waals surface area contributed by atoms with Crippen molar-refractivity contribution < 1.29 is 24.4 Å². The van der Waals surface area contributed by atoms with Crippen molar-refractivity contribution >= 4 is 11.2 Å². The summed E-state index contributed by atoms with van der Waals surface area (Å²) in [6, 6.07) is 0. The molecule has 2 aromatic heterocycles. The zero-order valence-corrected chi connectivity index (χ0v) is 10.1. The van der Waals surface area contributed by atoms with Crippen LogP contribution in [0, 0.1) is 11.5 Å². The molecule has 0 spiro atoms. The van der Waals surface area contributed by atoms with E-state index >= 15 is 0 Å². The van der Waals surface area contributed by atoms with E-state index in [1.165, 1.54) is 6.33 Å². The minimum Gasteiger partial charge on any atom is -0.388 e. The van der Waals surface area contributed by atoms with E-state index < -0.39 is 30.6 Å². The molecule has 1 aliphatic rings. The fourth-order valence-electron chi connectivity index (χ4n) is 2.18. The summed E-state index contributed by atoms with van der Waals surface area (Å²) >= 11 is 0. The van der Waals surface area contributed by atoms with Gasteiger partial charge in [0.05, 0.1) is 12.9 Å². The first kappa shape index (κ1) is 13.1. The molecule has 2 aromatic rings. The predicted molar refractivity (Wildman–Crippen MR) is 60.7 cm³/mol. The molecular formula is C10H12FN5O4. The summed E-state index contributed by atoms with van der Waals surface area (Å²) in [7, 11) is 0. The van der Waals surface area contributed by atoms with Gasteiger partial charge < -0.3 is 25.0 Å². The van der Waals surface area contributed by atoms with Crippen LogP contribution in [0.25, 0.3) is 11.2 Å². The van der Waals surface area contributed by atoms with Gasteiger partial charge in [-0.1, -0.05) is 0 Å². The molecule has 0 amide bonds. The number of rotatable bonds is 1. The highest BCUT2D eigenvalue weighted by Gasteiger charge is 2.40. The molecule has 3 rings (SSSR count). The van der Waals surface area contributed by atoms with Crippen LogP contribution >= 0.6 is 0 Å². The Hall–Kier alpha value is -1.88. The van der Waals surface area contributed by atoms with Gasteiger partial charge in [-0.15, -0.1) is 0 Å². The van der Waals surface area contributed by atoms with Gasteiger partial charge in [0.15, 0.2) is 17.4 Å². The molecule has 1 aliphatic heterocycles. The maximum absolute atomic E-state index is 14.0. The normalized spacial score (nSPS) is 30.8. The lowest BCUT2D eigenvalue weighted by Gasteiger charge is -2.36. The molecule has 20 heavy (non-hydrogen) atoms. The molecule has 0 saturated carbocycles. The Morgan fingerprint density at radius 2 is 2.15 bits per heavy atom.